The Balaban J connectivity index is 3.26. The lowest BCUT2D eigenvalue weighted by Crippen LogP contribution is -2.21. The van der Waals surface area contributed by atoms with E-state index in [0.29, 0.717) is 5.82 Å². The van der Waals surface area contributed by atoms with Gasteiger partial charge in [0.15, 0.2) is 5.82 Å². The van der Waals surface area contributed by atoms with Crippen molar-refractivity contribution < 1.29 is 4.52 Å². The standard InChI is InChI=1S/C7H12N2O2/c1-7(2,3)5-8-11-6(10)9(5)4/h1-4H3. The van der Waals surface area contributed by atoms with Crippen molar-refractivity contribution in [2.24, 2.45) is 7.05 Å². The molecule has 4 nitrogen and oxygen atoms in total. The molecular weight excluding hydrogens is 144 g/mol. The van der Waals surface area contributed by atoms with Gasteiger partial charge in [0.25, 0.3) is 0 Å². The highest BCUT2D eigenvalue weighted by Gasteiger charge is 2.21. The highest BCUT2D eigenvalue weighted by atomic mass is 16.5. The molecule has 0 unspecified atom stereocenters. The molecule has 0 aliphatic rings. The van der Waals surface area contributed by atoms with Crippen molar-refractivity contribution >= 4 is 0 Å². The van der Waals surface area contributed by atoms with E-state index in [1.54, 1.807) is 7.05 Å². The van der Waals surface area contributed by atoms with Gasteiger partial charge in [0, 0.05) is 12.5 Å². The van der Waals surface area contributed by atoms with Crippen LogP contribution in [0.2, 0.25) is 0 Å². The molecule has 0 fully saturated rings. The fourth-order valence-electron chi connectivity index (χ4n) is 0.931. The summed E-state index contributed by atoms with van der Waals surface area (Å²) in [5.41, 5.74) is -0.138. The fourth-order valence-corrected chi connectivity index (χ4v) is 0.931. The summed E-state index contributed by atoms with van der Waals surface area (Å²) < 4.78 is 5.90. The van der Waals surface area contributed by atoms with E-state index in [0.717, 1.165) is 0 Å². The van der Waals surface area contributed by atoms with Crippen LogP contribution >= 0.6 is 0 Å². The van der Waals surface area contributed by atoms with Crippen molar-refractivity contribution in [3.05, 3.63) is 16.4 Å². The van der Waals surface area contributed by atoms with Gasteiger partial charge in [-0.25, -0.2) is 4.79 Å². The SMILES string of the molecule is Cn1c(C(C)(C)C)noc1=O. The van der Waals surface area contributed by atoms with Crippen LogP contribution in [0.15, 0.2) is 9.32 Å². The third kappa shape index (κ3) is 1.34. The summed E-state index contributed by atoms with van der Waals surface area (Å²) >= 11 is 0. The molecule has 0 radical (unpaired) electrons. The molecule has 0 spiro atoms. The number of aromatic nitrogens is 2. The second-order valence-electron chi connectivity index (χ2n) is 3.58. The van der Waals surface area contributed by atoms with Crippen LogP contribution in [0, 0.1) is 0 Å². The van der Waals surface area contributed by atoms with Crippen LogP contribution in [0.5, 0.6) is 0 Å². The molecule has 1 aromatic heterocycles. The zero-order valence-corrected chi connectivity index (χ0v) is 7.21. The molecular formula is C7H12N2O2. The predicted octanol–water partition coefficient (Wildman–Crippen LogP) is 0.671. The number of hydrogen-bond donors (Lipinski definition) is 0. The average Bonchev–Trinajstić information content (AvgIpc) is 2.11. The summed E-state index contributed by atoms with van der Waals surface area (Å²) in [6, 6.07) is 0. The van der Waals surface area contributed by atoms with Gasteiger partial charge in [-0.15, -0.1) is 0 Å². The van der Waals surface area contributed by atoms with Gasteiger partial charge >= 0.3 is 5.76 Å². The quantitative estimate of drug-likeness (QED) is 0.554. The minimum atomic E-state index is -0.407. The molecule has 62 valence electrons. The zero-order chi connectivity index (χ0) is 8.65. The molecule has 0 saturated heterocycles. The van der Waals surface area contributed by atoms with Gasteiger partial charge in [-0.1, -0.05) is 25.9 Å². The van der Waals surface area contributed by atoms with E-state index in [1.807, 2.05) is 20.8 Å². The summed E-state index contributed by atoms with van der Waals surface area (Å²) in [4.78, 5) is 10.8. The molecule has 4 heteroatoms. The lowest BCUT2D eigenvalue weighted by Gasteiger charge is -2.14. The van der Waals surface area contributed by atoms with Crippen LogP contribution < -0.4 is 5.76 Å². The molecule has 0 saturated carbocycles. The van der Waals surface area contributed by atoms with Gasteiger partial charge in [-0.3, -0.25) is 9.09 Å². The third-order valence-corrected chi connectivity index (χ3v) is 1.47. The van der Waals surface area contributed by atoms with Crippen molar-refractivity contribution in [2.75, 3.05) is 0 Å². The Morgan fingerprint density at radius 1 is 1.45 bits per heavy atom. The van der Waals surface area contributed by atoms with Crippen LogP contribution in [-0.2, 0) is 12.5 Å². The molecule has 0 amide bonds. The third-order valence-electron chi connectivity index (χ3n) is 1.47. The molecule has 0 N–H and O–H groups in total. The monoisotopic (exact) mass is 156 g/mol. The smallest absolute Gasteiger partial charge is 0.296 e. The molecule has 1 rings (SSSR count). The Morgan fingerprint density at radius 3 is 2.18 bits per heavy atom. The van der Waals surface area contributed by atoms with Crippen molar-refractivity contribution in [1.29, 1.82) is 0 Å². The van der Waals surface area contributed by atoms with E-state index < -0.39 is 5.76 Å². The van der Waals surface area contributed by atoms with E-state index in [2.05, 4.69) is 9.68 Å². The Hall–Kier alpha value is -1.06. The Labute approximate surface area is 64.8 Å². The lowest BCUT2D eigenvalue weighted by atomic mass is 9.96. The Morgan fingerprint density at radius 2 is 2.00 bits per heavy atom. The first kappa shape index (κ1) is 8.04. The van der Waals surface area contributed by atoms with Gasteiger partial charge in [0.1, 0.15) is 0 Å². The van der Waals surface area contributed by atoms with Gasteiger partial charge in [-0.2, -0.15) is 0 Å². The Kier molecular flexibility index (Phi) is 1.62. The molecule has 0 aliphatic carbocycles. The van der Waals surface area contributed by atoms with E-state index in [-0.39, 0.29) is 5.41 Å². The summed E-state index contributed by atoms with van der Waals surface area (Å²) in [6.45, 7) is 5.93. The minimum absolute atomic E-state index is 0.138. The maximum absolute atomic E-state index is 10.8. The van der Waals surface area contributed by atoms with E-state index >= 15 is 0 Å². The maximum Gasteiger partial charge on any atom is 0.441 e. The topological polar surface area (TPSA) is 48.0 Å². The van der Waals surface area contributed by atoms with Crippen LogP contribution in [0.25, 0.3) is 0 Å². The molecule has 11 heavy (non-hydrogen) atoms. The molecule has 0 aliphatic heterocycles. The number of nitrogens with zero attached hydrogens (tertiary/aromatic N) is 2. The summed E-state index contributed by atoms with van der Waals surface area (Å²) in [6.07, 6.45) is 0. The van der Waals surface area contributed by atoms with Crippen molar-refractivity contribution in [1.82, 2.24) is 9.72 Å². The first-order chi connectivity index (χ1) is 4.93. The van der Waals surface area contributed by atoms with Crippen molar-refractivity contribution in [2.45, 2.75) is 26.2 Å². The van der Waals surface area contributed by atoms with Crippen LogP contribution in [0.3, 0.4) is 0 Å². The first-order valence-corrected chi connectivity index (χ1v) is 3.46. The number of rotatable bonds is 0. The first-order valence-electron chi connectivity index (χ1n) is 3.46. The zero-order valence-electron chi connectivity index (χ0n) is 7.21. The molecule has 1 heterocycles. The van der Waals surface area contributed by atoms with Gasteiger partial charge < -0.3 is 0 Å². The highest BCUT2D eigenvalue weighted by Crippen LogP contribution is 2.17. The van der Waals surface area contributed by atoms with Crippen LogP contribution in [-0.4, -0.2) is 9.72 Å². The van der Waals surface area contributed by atoms with Gasteiger partial charge in [0.05, 0.1) is 0 Å². The molecule has 1 aromatic rings. The minimum Gasteiger partial charge on any atom is -0.296 e. The Bertz CT molecular complexity index is 303. The molecule has 0 bridgehead atoms. The summed E-state index contributed by atoms with van der Waals surface area (Å²) in [7, 11) is 1.65. The average molecular weight is 156 g/mol. The highest BCUT2D eigenvalue weighted by molar-refractivity contribution is 4.98. The second kappa shape index (κ2) is 2.22. The van der Waals surface area contributed by atoms with E-state index in [9.17, 15) is 4.79 Å². The summed E-state index contributed by atoms with van der Waals surface area (Å²) in [5, 5.41) is 3.66. The van der Waals surface area contributed by atoms with Crippen molar-refractivity contribution in [3.63, 3.8) is 0 Å². The lowest BCUT2D eigenvalue weighted by molar-refractivity contribution is 0.367. The summed E-state index contributed by atoms with van der Waals surface area (Å²) in [5.74, 6) is 0.262. The molecule has 0 aromatic carbocycles. The van der Waals surface area contributed by atoms with E-state index in [4.69, 9.17) is 0 Å². The maximum atomic E-state index is 10.8. The second-order valence-corrected chi connectivity index (χ2v) is 3.58. The largest absolute Gasteiger partial charge is 0.441 e. The van der Waals surface area contributed by atoms with Gasteiger partial charge in [-0.05, 0) is 0 Å². The predicted molar refractivity (Wildman–Crippen MR) is 40.4 cm³/mol. The van der Waals surface area contributed by atoms with Gasteiger partial charge in [0.2, 0.25) is 0 Å². The number of hydrogen-bond acceptors (Lipinski definition) is 3. The van der Waals surface area contributed by atoms with Crippen LogP contribution in [0.4, 0.5) is 0 Å². The van der Waals surface area contributed by atoms with Crippen molar-refractivity contribution in [3.8, 4) is 0 Å². The van der Waals surface area contributed by atoms with Crippen LogP contribution in [0.1, 0.15) is 26.6 Å². The fraction of sp³-hybridized carbons (Fsp3) is 0.714. The normalized spacial score (nSPS) is 12.0. The van der Waals surface area contributed by atoms with E-state index in [1.165, 1.54) is 4.57 Å². The molecule has 0 atom stereocenters.